The van der Waals surface area contributed by atoms with Crippen molar-refractivity contribution >= 4 is 35.1 Å². The average molecular weight is 710 g/mol. The summed E-state index contributed by atoms with van der Waals surface area (Å²) in [6.07, 6.45) is 4.85. The lowest BCUT2D eigenvalue weighted by Gasteiger charge is -2.17. The molecular weight excluding hydrogens is 671 g/mol. The van der Waals surface area contributed by atoms with Crippen molar-refractivity contribution in [1.29, 1.82) is 0 Å². The van der Waals surface area contributed by atoms with Gasteiger partial charge < -0.3 is 30.0 Å². The van der Waals surface area contributed by atoms with Crippen LogP contribution in [0.5, 0.6) is 11.6 Å². The molecule has 4 N–H and O–H groups in total. The van der Waals surface area contributed by atoms with Crippen LogP contribution in [0.2, 0.25) is 10.0 Å². The second kappa shape index (κ2) is 16.9. The Morgan fingerprint density at radius 3 is 2.55 bits per heavy atom. The van der Waals surface area contributed by atoms with Gasteiger partial charge in [0.15, 0.2) is 0 Å². The van der Waals surface area contributed by atoms with Gasteiger partial charge in [-0.2, -0.15) is 0 Å². The Labute approximate surface area is 294 Å². The van der Waals surface area contributed by atoms with Gasteiger partial charge in [0.25, 0.3) is 0 Å². The van der Waals surface area contributed by atoms with Crippen LogP contribution in [-0.2, 0) is 27.4 Å². The first-order chi connectivity index (χ1) is 23.8. The molecule has 4 aromatic rings. The van der Waals surface area contributed by atoms with Crippen LogP contribution in [0.25, 0.3) is 33.6 Å². The summed E-state index contributed by atoms with van der Waals surface area (Å²) in [5.41, 5.74) is 5.21. The van der Waals surface area contributed by atoms with Crippen molar-refractivity contribution in [3.05, 3.63) is 76.2 Å². The third kappa shape index (κ3) is 8.46. The van der Waals surface area contributed by atoms with Crippen LogP contribution in [0.15, 0.2) is 54.9 Å². The van der Waals surface area contributed by atoms with E-state index < -0.39 is 12.0 Å². The number of carbonyl (C=O) groups is 2. The molecule has 1 aliphatic heterocycles. The third-order valence-electron chi connectivity index (χ3n) is 8.22. The number of esters is 1. The van der Waals surface area contributed by atoms with Gasteiger partial charge in [0.1, 0.15) is 11.8 Å². The highest BCUT2D eigenvalue weighted by Gasteiger charge is 2.22. The van der Waals surface area contributed by atoms with Gasteiger partial charge in [-0.25, -0.2) is 4.98 Å². The summed E-state index contributed by atoms with van der Waals surface area (Å²) >= 11 is 14.0. The van der Waals surface area contributed by atoms with Crippen molar-refractivity contribution in [2.75, 3.05) is 34.5 Å². The number of aliphatic hydroxyl groups is 1. The molecule has 1 aliphatic rings. The molecule has 2 atom stereocenters. The van der Waals surface area contributed by atoms with E-state index in [1.807, 2.05) is 30.3 Å². The normalized spacial score (nSPS) is 14.7. The van der Waals surface area contributed by atoms with Crippen molar-refractivity contribution in [2.45, 2.75) is 44.4 Å². The predicted molar refractivity (Wildman–Crippen MR) is 186 cm³/mol. The molecule has 4 heterocycles. The van der Waals surface area contributed by atoms with Crippen LogP contribution >= 0.6 is 23.2 Å². The second-order valence-electron chi connectivity index (χ2n) is 11.3. The number of hydrogen-bond donors (Lipinski definition) is 4. The molecule has 49 heavy (non-hydrogen) atoms. The highest BCUT2D eigenvalue weighted by atomic mass is 35.5. The van der Waals surface area contributed by atoms with E-state index in [1.54, 1.807) is 31.6 Å². The van der Waals surface area contributed by atoms with Gasteiger partial charge >= 0.3 is 5.97 Å². The van der Waals surface area contributed by atoms with Gasteiger partial charge in [-0.05, 0) is 31.0 Å². The van der Waals surface area contributed by atoms with E-state index in [2.05, 4.69) is 25.9 Å². The van der Waals surface area contributed by atoms with Crippen LogP contribution in [0.3, 0.4) is 0 Å². The Kier molecular flexibility index (Phi) is 12.4. The lowest BCUT2D eigenvalue weighted by molar-refractivity contribution is -0.143. The van der Waals surface area contributed by atoms with Gasteiger partial charge in [0, 0.05) is 78.9 Å². The molecule has 0 radical (unpaired) electrons. The van der Waals surface area contributed by atoms with Crippen molar-refractivity contribution < 1.29 is 28.9 Å². The number of aromatic nitrogens is 3. The predicted octanol–water partition coefficient (Wildman–Crippen LogP) is 4.58. The van der Waals surface area contributed by atoms with Gasteiger partial charge in [0.05, 0.1) is 48.5 Å². The molecule has 1 saturated heterocycles. The number of methoxy groups -OCH3 is 3. The number of carbonyl (C=O) groups excluding carboxylic acids is 2. The summed E-state index contributed by atoms with van der Waals surface area (Å²) in [5.74, 6) is 0.542. The van der Waals surface area contributed by atoms with Gasteiger partial charge in [-0.15, -0.1) is 0 Å². The number of amides is 1. The van der Waals surface area contributed by atoms with Gasteiger partial charge in [-0.1, -0.05) is 47.5 Å². The Hall–Kier alpha value is -4.33. The van der Waals surface area contributed by atoms with Gasteiger partial charge in [0.2, 0.25) is 11.8 Å². The zero-order valence-electron chi connectivity index (χ0n) is 27.4. The number of benzene rings is 1. The number of nitrogens with one attached hydrogen (secondary N) is 3. The first-order valence-electron chi connectivity index (χ1n) is 15.7. The average Bonchev–Trinajstić information content (AvgIpc) is 3.54. The molecule has 0 saturated carbocycles. The standard InChI is InChI=1S/C35H38Cl2N6O6/c1-47-29-15-21(17-40-28(29)19-41-27(12-14-44)35(46)49-3)33-32(37)24(11-13-39-33)23-5-4-6-25(31(23)36)26-9-7-20(34(43-26)48-2)16-38-18-22-8-10-30(45)42-22/h4-7,9,11,13,15,17,22,27,38,41,44H,8,10,12,14,16,18-19H2,1-3H3,(H,42,45)/t22-,27-/m1/s1. The van der Waals surface area contributed by atoms with E-state index in [1.165, 1.54) is 14.2 Å². The zero-order valence-corrected chi connectivity index (χ0v) is 28.9. The third-order valence-corrected chi connectivity index (χ3v) is 9.01. The SMILES string of the molecule is COC(=O)[C@@H](CCO)NCc1ncc(-c2nccc(-c3cccc(-c4ccc(CNC[C@H]5CCC(=O)N5)c(OC)n4)c3Cl)c2Cl)cc1OC. The minimum Gasteiger partial charge on any atom is -0.495 e. The largest absolute Gasteiger partial charge is 0.495 e. The van der Waals surface area contributed by atoms with E-state index >= 15 is 0 Å². The molecule has 0 bridgehead atoms. The minimum absolute atomic E-state index is 0.0852. The Balaban J connectivity index is 1.38. The smallest absolute Gasteiger partial charge is 0.322 e. The number of aliphatic hydroxyl groups excluding tert-OH is 1. The quantitative estimate of drug-likeness (QED) is 0.128. The van der Waals surface area contributed by atoms with Crippen molar-refractivity contribution in [3.63, 3.8) is 0 Å². The summed E-state index contributed by atoms with van der Waals surface area (Å²) in [6.45, 7) is 1.21. The molecule has 12 nitrogen and oxygen atoms in total. The minimum atomic E-state index is -0.696. The summed E-state index contributed by atoms with van der Waals surface area (Å²) in [4.78, 5) is 37.4. The summed E-state index contributed by atoms with van der Waals surface area (Å²) in [5, 5.41) is 19.5. The first-order valence-corrected chi connectivity index (χ1v) is 16.5. The number of pyridine rings is 3. The van der Waals surface area contributed by atoms with Crippen LogP contribution in [-0.4, -0.2) is 78.5 Å². The van der Waals surface area contributed by atoms with Crippen LogP contribution < -0.4 is 25.4 Å². The van der Waals surface area contributed by atoms with Crippen molar-refractivity contribution in [1.82, 2.24) is 30.9 Å². The first kappa shape index (κ1) is 36.0. The maximum atomic E-state index is 12.1. The maximum Gasteiger partial charge on any atom is 0.322 e. The van der Waals surface area contributed by atoms with Crippen LogP contribution in [0, 0.1) is 0 Å². The molecule has 1 aromatic carbocycles. The van der Waals surface area contributed by atoms with E-state index in [-0.39, 0.29) is 31.5 Å². The molecule has 1 amide bonds. The molecular formula is C35H38Cl2N6O6. The number of ether oxygens (including phenoxy) is 3. The number of hydrogen-bond acceptors (Lipinski definition) is 11. The highest BCUT2D eigenvalue weighted by Crippen LogP contribution is 2.42. The molecule has 5 rings (SSSR count). The monoisotopic (exact) mass is 708 g/mol. The second-order valence-corrected chi connectivity index (χ2v) is 12.1. The van der Waals surface area contributed by atoms with E-state index in [4.69, 9.17) is 42.4 Å². The fourth-order valence-corrected chi connectivity index (χ4v) is 6.29. The van der Waals surface area contributed by atoms with Crippen LogP contribution in [0.4, 0.5) is 0 Å². The van der Waals surface area contributed by atoms with Crippen molar-refractivity contribution in [2.24, 2.45) is 0 Å². The molecule has 0 aliphatic carbocycles. The van der Waals surface area contributed by atoms with E-state index in [0.29, 0.717) is 80.5 Å². The summed E-state index contributed by atoms with van der Waals surface area (Å²) < 4.78 is 16.0. The molecule has 3 aromatic heterocycles. The van der Waals surface area contributed by atoms with Gasteiger partial charge in [-0.3, -0.25) is 24.9 Å². The Morgan fingerprint density at radius 1 is 1.04 bits per heavy atom. The summed E-state index contributed by atoms with van der Waals surface area (Å²) in [7, 11) is 4.39. The highest BCUT2D eigenvalue weighted by molar-refractivity contribution is 6.39. The van der Waals surface area contributed by atoms with E-state index in [9.17, 15) is 14.7 Å². The summed E-state index contributed by atoms with van der Waals surface area (Å²) in [6, 6.07) is 12.5. The maximum absolute atomic E-state index is 12.1. The van der Waals surface area contributed by atoms with Crippen LogP contribution in [0.1, 0.15) is 30.5 Å². The zero-order chi connectivity index (χ0) is 34.9. The molecule has 14 heteroatoms. The number of halogens is 2. The fourth-order valence-electron chi connectivity index (χ4n) is 5.64. The van der Waals surface area contributed by atoms with E-state index in [0.717, 1.165) is 12.0 Å². The number of nitrogens with zero attached hydrogens (tertiary/aromatic N) is 3. The molecule has 0 unspecified atom stereocenters. The Morgan fingerprint density at radius 2 is 1.84 bits per heavy atom. The molecule has 1 fully saturated rings. The topological polar surface area (TPSA) is 157 Å². The lowest BCUT2D eigenvalue weighted by Crippen LogP contribution is -2.38. The lowest BCUT2D eigenvalue weighted by atomic mass is 9.99. The Bertz CT molecular complexity index is 1810. The molecule has 0 spiro atoms. The van der Waals surface area contributed by atoms with Crippen molar-refractivity contribution in [3.8, 4) is 45.3 Å². The molecule has 258 valence electrons. The number of rotatable bonds is 15. The fraction of sp³-hybridized carbons (Fsp3) is 0.343.